The van der Waals surface area contributed by atoms with Gasteiger partial charge in [-0.25, -0.2) is 9.78 Å². The number of halogens is 6. The number of aromatic carboxylic acids is 1. The van der Waals surface area contributed by atoms with Crippen molar-refractivity contribution in [3.63, 3.8) is 0 Å². The molecule has 1 N–H and O–H groups in total. The number of ether oxygens (including phenoxy) is 1. The fourth-order valence-electron chi connectivity index (χ4n) is 1.60. The van der Waals surface area contributed by atoms with Crippen molar-refractivity contribution in [2.24, 2.45) is 0 Å². The highest BCUT2D eigenvalue weighted by Gasteiger charge is 2.36. The maximum Gasteiger partial charge on any atom is 0.420 e. The van der Waals surface area contributed by atoms with Gasteiger partial charge in [0.25, 0.3) is 0 Å². The van der Waals surface area contributed by atoms with Gasteiger partial charge in [0.05, 0.1) is 6.20 Å². The number of fused-ring (bicyclic) bond motifs is 1. The third-order valence-electron chi connectivity index (χ3n) is 2.37. The van der Waals surface area contributed by atoms with Crippen LogP contribution < -0.4 is 4.74 Å². The molecule has 0 aliphatic rings. The van der Waals surface area contributed by atoms with Gasteiger partial charge in [0.1, 0.15) is 16.5 Å². The molecule has 0 aliphatic carbocycles. The molecule has 0 unspecified atom stereocenters. The lowest BCUT2D eigenvalue weighted by molar-refractivity contribution is -0.137. The Kier molecular flexibility index (Phi) is 3.66. The second kappa shape index (κ2) is 5.02. The van der Waals surface area contributed by atoms with E-state index >= 15 is 0 Å². The van der Waals surface area contributed by atoms with Crippen molar-refractivity contribution >= 4 is 23.2 Å². The summed E-state index contributed by atoms with van der Waals surface area (Å²) in [6, 6.07) is 0.288. The second-order valence-electron chi connectivity index (χ2n) is 3.72. The van der Waals surface area contributed by atoms with Crippen LogP contribution in [-0.2, 0) is 6.18 Å². The van der Waals surface area contributed by atoms with Gasteiger partial charge in [0.15, 0.2) is 11.3 Å². The molecular formula is C10H4ClF5N2O3. The predicted octanol–water partition coefficient (Wildman–Crippen LogP) is 3.31. The maximum atomic E-state index is 12.9. The van der Waals surface area contributed by atoms with Crippen molar-refractivity contribution in [2.75, 3.05) is 0 Å². The SMILES string of the molecule is O=C(O)c1nc2c(C(F)(F)F)cc(OC(F)F)cn2c1Cl. The molecule has 2 rings (SSSR count). The van der Waals surface area contributed by atoms with Crippen LogP contribution in [0, 0.1) is 0 Å². The minimum Gasteiger partial charge on any atom is -0.476 e. The number of aromatic nitrogens is 2. The maximum absolute atomic E-state index is 12.9. The molecule has 0 aliphatic heterocycles. The van der Waals surface area contributed by atoms with Crippen molar-refractivity contribution in [2.45, 2.75) is 12.8 Å². The van der Waals surface area contributed by atoms with E-state index in [4.69, 9.17) is 16.7 Å². The molecule has 0 aromatic carbocycles. The normalized spacial score (nSPS) is 12.1. The summed E-state index contributed by atoms with van der Waals surface area (Å²) in [7, 11) is 0. The minimum atomic E-state index is -4.97. The third kappa shape index (κ3) is 2.84. The Bertz CT molecular complexity index is 713. The van der Waals surface area contributed by atoms with E-state index < -0.39 is 46.6 Å². The number of carboxylic acids is 1. The molecule has 0 atom stereocenters. The molecular weight excluding hydrogens is 327 g/mol. The van der Waals surface area contributed by atoms with Crippen LogP contribution in [0.15, 0.2) is 12.3 Å². The Morgan fingerprint density at radius 3 is 2.52 bits per heavy atom. The summed E-state index contributed by atoms with van der Waals surface area (Å²) in [5.74, 6) is -2.49. The van der Waals surface area contributed by atoms with E-state index in [-0.39, 0.29) is 6.07 Å². The summed E-state index contributed by atoms with van der Waals surface area (Å²) in [5.41, 5.74) is -3.11. The molecule has 0 saturated carbocycles. The van der Waals surface area contributed by atoms with Crippen LogP contribution in [-0.4, -0.2) is 27.1 Å². The van der Waals surface area contributed by atoms with Gasteiger partial charge in [-0.05, 0) is 6.07 Å². The predicted molar refractivity (Wildman–Crippen MR) is 58.8 cm³/mol. The topological polar surface area (TPSA) is 63.8 Å². The van der Waals surface area contributed by atoms with E-state index in [0.29, 0.717) is 10.6 Å². The molecule has 0 amide bonds. The first kappa shape index (κ1) is 15.3. The van der Waals surface area contributed by atoms with Crippen molar-refractivity contribution in [1.29, 1.82) is 0 Å². The molecule has 5 nitrogen and oxygen atoms in total. The molecule has 11 heteroatoms. The number of nitrogens with zero attached hydrogens (tertiary/aromatic N) is 2. The van der Waals surface area contributed by atoms with Gasteiger partial charge in [0, 0.05) is 0 Å². The van der Waals surface area contributed by atoms with Crippen LogP contribution in [0.3, 0.4) is 0 Å². The van der Waals surface area contributed by atoms with Crippen molar-refractivity contribution in [3.05, 3.63) is 28.7 Å². The number of rotatable bonds is 3. The first-order chi connectivity index (χ1) is 9.61. The highest BCUT2D eigenvalue weighted by Crippen LogP contribution is 2.36. The first-order valence-corrected chi connectivity index (χ1v) is 5.46. The molecule has 0 radical (unpaired) electrons. The van der Waals surface area contributed by atoms with Gasteiger partial charge in [-0.3, -0.25) is 4.40 Å². The number of carbonyl (C=O) groups is 1. The monoisotopic (exact) mass is 330 g/mol. The Morgan fingerprint density at radius 2 is 2.05 bits per heavy atom. The van der Waals surface area contributed by atoms with Gasteiger partial charge in [0.2, 0.25) is 0 Å². The van der Waals surface area contributed by atoms with E-state index in [1.54, 1.807) is 0 Å². The van der Waals surface area contributed by atoms with Crippen LogP contribution >= 0.6 is 11.6 Å². The summed E-state index contributed by atoms with van der Waals surface area (Å²) in [6.45, 7) is -3.36. The van der Waals surface area contributed by atoms with E-state index in [2.05, 4.69) is 9.72 Å². The van der Waals surface area contributed by atoms with Gasteiger partial charge in [-0.15, -0.1) is 0 Å². The zero-order chi connectivity index (χ0) is 15.9. The molecule has 21 heavy (non-hydrogen) atoms. The lowest BCUT2D eigenvalue weighted by atomic mass is 10.2. The summed E-state index contributed by atoms with van der Waals surface area (Å²) < 4.78 is 67.3. The van der Waals surface area contributed by atoms with Gasteiger partial charge in [-0.2, -0.15) is 22.0 Å². The summed E-state index contributed by atoms with van der Waals surface area (Å²) in [6.07, 6.45) is -4.27. The van der Waals surface area contributed by atoms with Crippen LogP contribution in [0.1, 0.15) is 16.1 Å². The zero-order valence-corrected chi connectivity index (χ0v) is 10.4. The standard InChI is InChI=1S/C10H4ClF5N2O3/c11-6-5(8(19)20)17-7-4(10(14,15)16)1-3(2-18(6)7)21-9(12)13/h1-2,9H,(H,19,20). The number of carboxylic acid groups (broad SMARTS) is 1. The van der Waals surface area contributed by atoms with E-state index in [1.807, 2.05) is 0 Å². The Morgan fingerprint density at radius 1 is 1.43 bits per heavy atom. The van der Waals surface area contributed by atoms with Crippen LogP contribution in [0.2, 0.25) is 5.15 Å². The molecule has 2 heterocycles. The van der Waals surface area contributed by atoms with Crippen molar-refractivity contribution in [3.8, 4) is 5.75 Å². The molecule has 2 aromatic rings. The smallest absolute Gasteiger partial charge is 0.420 e. The van der Waals surface area contributed by atoms with Gasteiger partial charge >= 0.3 is 18.8 Å². The third-order valence-corrected chi connectivity index (χ3v) is 2.73. The van der Waals surface area contributed by atoms with Gasteiger partial charge in [-0.1, -0.05) is 11.6 Å². The summed E-state index contributed by atoms with van der Waals surface area (Å²) in [5, 5.41) is 8.12. The second-order valence-corrected chi connectivity index (χ2v) is 4.07. The van der Waals surface area contributed by atoms with Crippen LogP contribution in [0.25, 0.3) is 5.65 Å². The summed E-state index contributed by atoms with van der Waals surface area (Å²) in [4.78, 5) is 14.1. The number of imidazole rings is 1. The summed E-state index contributed by atoms with van der Waals surface area (Å²) >= 11 is 5.59. The average molecular weight is 331 g/mol. The molecule has 0 saturated heterocycles. The quantitative estimate of drug-likeness (QED) is 0.877. The lowest BCUT2D eigenvalue weighted by Gasteiger charge is -2.11. The number of hydrogen-bond donors (Lipinski definition) is 1. The van der Waals surface area contributed by atoms with Crippen molar-refractivity contribution in [1.82, 2.24) is 9.38 Å². The van der Waals surface area contributed by atoms with Gasteiger partial charge < -0.3 is 9.84 Å². The molecule has 2 aromatic heterocycles. The van der Waals surface area contributed by atoms with E-state index in [1.165, 1.54) is 0 Å². The molecule has 114 valence electrons. The largest absolute Gasteiger partial charge is 0.476 e. The van der Waals surface area contributed by atoms with E-state index in [9.17, 15) is 26.7 Å². The highest BCUT2D eigenvalue weighted by atomic mass is 35.5. The average Bonchev–Trinajstić information content (AvgIpc) is 2.64. The fraction of sp³-hybridized carbons (Fsp3) is 0.200. The lowest BCUT2D eigenvalue weighted by Crippen LogP contribution is -2.10. The van der Waals surface area contributed by atoms with E-state index in [0.717, 1.165) is 0 Å². The number of pyridine rings is 1. The Hall–Kier alpha value is -2.10. The minimum absolute atomic E-state index is 0.288. The fourth-order valence-corrected chi connectivity index (χ4v) is 1.86. The Balaban J connectivity index is 2.78. The van der Waals surface area contributed by atoms with Crippen molar-refractivity contribution < 1.29 is 36.6 Å². The van der Waals surface area contributed by atoms with Crippen LogP contribution in [0.4, 0.5) is 22.0 Å². The van der Waals surface area contributed by atoms with Crippen LogP contribution in [0.5, 0.6) is 5.75 Å². The number of hydrogen-bond acceptors (Lipinski definition) is 3. The first-order valence-electron chi connectivity index (χ1n) is 5.08. The molecule has 0 spiro atoms. The number of alkyl halides is 5. The highest BCUT2D eigenvalue weighted by molar-refractivity contribution is 6.32. The molecule has 0 bridgehead atoms. The Labute approximate surface area is 117 Å². The zero-order valence-electron chi connectivity index (χ0n) is 9.66. The molecule has 0 fully saturated rings.